The van der Waals surface area contributed by atoms with Gasteiger partial charge in [-0.1, -0.05) is 26.8 Å². The van der Waals surface area contributed by atoms with Gasteiger partial charge in [0.1, 0.15) is 11.6 Å². The first-order valence-electron chi connectivity index (χ1n) is 7.20. The molecule has 0 radical (unpaired) electrons. The number of benzene rings is 1. The zero-order chi connectivity index (χ0) is 15.3. The second-order valence-electron chi connectivity index (χ2n) is 6.18. The predicted octanol–water partition coefficient (Wildman–Crippen LogP) is 3.72. The van der Waals surface area contributed by atoms with Crippen LogP contribution in [-0.2, 0) is 0 Å². The van der Waals surface area contributed by atoms with Gasteiger partial charge in [-0.3, -0.25) is 4.90 Å². The highest BCUT2D eigenvalue weighted by molar-refractivity contribution is 5.21. The number of rotatable bonds is 7. The Labute approximate surface area is 121 Å². The molecule has 1 aromatic rings. The molecule has 0 saturated carbocycles. The van der Waals surface area contributed by atoms with Crippen LogP contribution in [0.3, 0.4) is 0 Å². The lowest BCUT2D eigenvalue weighted by Crippen LogP contribution is -2.40. The van der Waals surface area contributed by atoms with Crippen LogP contribution in [0.4, 0.5) is 8.78 Å². The van der Waals surface area contributed by atoms with Crippen molar-refractivity contribution < 1.29 is 8.78 Å². The van der Waals surface area contributed by atoms with Gasteiger partial charge in [-0.25, -0.2) is 8.78 Å². The standard InChI is InChI=1S/C16H26F2N2/c1-5-8-20(11-16(3,4)10-19)12(2)14-7-6-13(17)9-15(14)18/h6-7,9,12H,5,8,10-11,19H2,1-4H3. The topological polar surface area (TPSA) is 29.3 Å². The van der Waals surface area contributed by atoms with Crippen LogP contribution >= 0.6 is 0 Å². The third kappa shape index (κ3) is 4.53. The van der Waals surface area contributed by atoms with Crippen LogP contribution in [0, 0.1) is 17.0 Å². The van der Waals surface area contributed by atoms with E-state index in [-0.39, 0.29) is 11.5 Å². The number of nitrogens with zero attached hydrogens (tertiary/aromatic N) is 1. The molecule has 0 amide bonds. The van der Waals surface area contributed by atoms with Crippen LogP contribution in [0.5, 0.6) is 0 Å². The van der Waals surface area contributed by atoms with E-state index < -0.39 is 11.6 Å². The summed E-state index contributed by atoms with van der Waals surface area (Å²) in [5.41, 5.74) is 6.30. The maximum absolute atomic E-state index is 13.9. The molecule has 0 aromatic heterocycles. The summed E-state index contributed by atoms with van der Waals surface area (Å²) in [7, 11) is 0. The smallest absolute Gasteiger partial charge is 0.130 e. The minimum Gasteiger partial charge on any atom is -0.330 e. The minimum absolute atomic E-state index is 0.0278. The van der Waals surface area contributed by atoms with E-state index in [1.165, 1.54) is 12.1 Å². The average Bonchev–Trinajstić information content (AvgIpc) is 2.37. The molecule has 0 aliphatic rings. The summed E-state index contributed by atoms with van der Waals surface area (Å²) in [4.78, 5) is 2.21. The summed E-state index contributed by atoms with van der Waals surface area (Å²) in [6.45, 7) is 10.5. The Morgan fingerprint density at radius 2 is 1.95 bits per heavy atom. The van der Waals surface area contributed by atoms with Crippen molar-refractivity contribution in [3.8, 4) is 0 Å². The van der Waals surface area contributed by atoms with Crippen molar-refractivity contribution in [2.45, 2.75) is 40.2 Å². The van der Waals surface area contributed by atoms with Crippen molar-refractivity contribution >= 4 is 0 Å². The molecule has 0 bridgehead atoms. The van der Waals surface area contributed by atoms with Crippen LogP contribution in [0.25, 0.3) is 0 Å². The molecule has 2 N–H and O–H groups in total. The molecule has 1 atom stereocenters. The van der Waals surface area contributed by atoms with E-state index >= 15 is 0 Å². The van der Waals surface area contributed by atoms with Gasteiger partial charge in [-0.05, 0) is 37.9 Å². The Morgan fingerprint density at radius 3 is 2.45 bits per heavy atom. The zero-order valence-corrected chi connectivity index (χ0v) is 12.9. The maximum Gasteiger partial charge on any atom is 0.130 e. The lowest BCUT2D eigenvalue weighted by Gasteiger charge is -2.36. The first-order chi connectivity index (χ1) is 9.30. The van der Waals surface area contributed by atoms with Gasteiger partial charge < -0.3 is 5.73 Å². The highest BCUT2D eigenvalue weighted by Crippen LogP contribution is 2.27. The van der Waals surface area contributed by atoms with Gasteiger partial charge in [0, 0.05) is 24.2 Å². The molecule has 1 aromatic carbocycles. The van der Waals surface area contributed by atoms with Gasteiger partial charge in [-0.15, -0.1) is 0 Å². The van der Waals surface area contributed by atoms with Crippen LogP contribution in [0.2, 0.25) is 0 Å². The summed E-state index contributed by atoms with van der Waals surface area (Å²) >= 11 is 0. The Kier molecular flexibility index (Phi) is 6.08. The molecule has 114 valence electrons. The van der Waals surface area contributed by atoms with E-state index in [4.69, 9.17) is 5.73 Å². The van der Waals surface area contributed by atoms with E-state index in [0.29, 0.717) is 12.1 Å². The zero-order valence-electron chi connectivity index (χ0n) is 12.9. The van der Waals surface area contributed by atoms with E-state index in [0.717, 1.165) is 25.6 Å². The van der Waals surface area contributed by atoms with Gasteiger partial charge in [0.25, 0.3) is 0 Å². The molecular weight excluding hydrogens is 258 g/mol. The van der Waals surface area contributed by atoms with Crippen LogP contribution in [-0.4, -0.2) is 24.5 Å². The number of halogens is 2. The summed E-state index contributed by atoms with van der Waals surface area (Å²) in [6, 6.07) is 3.70. The van der Waals surface area contributed by atoms with Gasteiger partial charge >= 0.3 is 0 Å². The van der Waals surface area contributed by atoms with E-state index in [1.807, 2.05) is 6.92 Å². The summed E-state index contributed by atoms with van der Waals surface area (Å²) in [6.07, 6.45) is 0.980. The molecule has 2 nitrogen and oxygen atoms in total. The predicted molar refractivity (Wildman–Crippen MR) is 79.5 cm³/mol. The van der Waals surface area contributed by atoms with Crippen molar-refractivity contribution in [2.75, 3.05) is 19.6 Å². The van der Waals surface area contributed by atoms with Crippen LogP contribution in [0.15, 0.2) is 18.2 Å². The number of nitrogens with two attached hydrogens (primary N) is 1. The van der Waals surface area contributed by atoms with E-state index in [9.17, 15) is 8.78 Å². The fourth-order valence-electron chi connectivity index (χ4n) is 2.35. The normalized spacial score (nSPS) is 13.8. The van der Waals surface area contributed by atoms with Crippen molar-refractivity contribution in [2.24, 2.45) is 11.1 Å². The molecule has 4 heteroatoms. The molecule has 0 heterocycles. The van der Waals surface area contributed by atoms with E-state index in [2.05, 4.69) is 25.7 Å². The Morgan fingerprint density at radius 1 is 1.30 bits per heavy atom. The third-order valence-electron chi connectivity index (χ3n) is 3.65. The molecular formula is C16H26F2N2. The average molecular weight is 284 g/mol. The van der Waals surface area contributed by atoms with Gasteiger partial charge in [0.15, 0.2) is 0 Å². The van der Waals surface area contributed by atoms with Gasteiger partial charge in [0.2, 0.25) is 0 Å². The highest BCUT2D eigenvalue weighted by atomic mass is 19.1. The summed E-state index contributed by atoms with van der Waals surface area (Å²) < 4.78 is 26.9. The number of hydrogen-bond acceptors (Lipinski definition) is 2. The lowest BCUT2D eigenvalue weighted by atomic mass is 9.91. The second kappa shape index (κ2) is 7.14. The van der Waals surface area contributed by atoms with Gasteiger partial charge in [-0.2, -0.15) is 0 Å². The highest BCUT2D eigenvalue weighted by Gasteiger charge is 2.25. The molecule has 0 saturated heterocycles. The third-order valence-corrected chi connectivity index (χ3v) is 3.65. The van der Waals surface area contributed by atoms with E-state index in [1.54, 1.807) is 0 Å². The molecule has 0 spiro atoms. The first-order valence-corrected chi connectivity index (χ1v) is 7.20. The van der Waals surface area contributed by atoms with Crippen molar-refractivity contribution in [3.63, 3.8) is 0 Å². The Hall–Kier alpha value is -1.00. The molecule has 0 aliphatic carbocycles. The maximum atomic E-state index is 13.9. The number of hydrogen-bond donors (Lipinski definition) is 1. The largest absolute Gasteiger partial charge is 0.330 e. The van der Waals surface area contributed by atoms with Crippen LogP contribution < -0.4 is 5.73 Å². The first kappa shape index (κ1) is 17.1. The Bertz CT molecular complexity index is 432. The molecule has 0 fully saturated rings. The lowest BCUT2D eigenvalue weighted by molar-refractivity contribution is 0.138. The fourth-order valence-corrected chi connectivity index (χ4v) is 2.35. The van der Waals surface area contributed by atoms with Crippen molar-refractivity contribution in [3.05, 3.63) is 35.4 Å². The van der Waals surface area contributed by atoms with Crippen molar-refractivity contribution in [1.82, 2.24) is 4.90 Å². The molecule has 0 aliphatic heterocycles. The second-order valence-corrected chi connectivity index (χ2v) is 6.18. The molecule has 20 heavy (non-hydrogen) atoms. The molecule has 1 unspecified atom stereocenters. The fraction of sp³-hybridized carbons (Fsp3) is 0.625. The SMILES string of the molecule is CCCN(CC(C)(C)CN)C(C)c1ccc(F)cc1F. The van der Waals surface area contributed by atoms with Crippen molar-refractivity contribution in [1.29, 1.82) is 0 Å². The monoisotopic (exact) mass is 284 g/mol. The minimum atomic E-state index is -0.539. The summed E-state index contributed by atoms with van der Waals surface area (Å²) in [5.74, 6) is -1.02. The van der Waals surface area contributed by atoms with Crippen LogP contribution in [0.1, 0.15) is 45.7 Å². The Balaban J connectivity index is 2.95. The van der Waals surface area contributed by atoms with Gasteiger partial charge in [0.05, 0.1) is 0 Å². The quantitative estimate of drug-likeness (QED) is 0.827. The summed E-state index contributed by atoms with van der Waals surface area (Å²) in [5, 5.41) is 0. The molecule has 1 rings (SSSR count).